The fourth-order valence-electron chi connectivity index (χ4n) is 0.982. The summed E-state index contributed by atoms with van der Waals surface area (Å²) >= 11 is 2.76. The number of hydrogen-bond acceptors (Lipinski definition) is 4. The molecule has 5 nitrogen and oxygen atoms in total. The first kappa shape index (κ1) is 11.6. The molecule has 0 fully saturated rings. The van der Waals surface area contributed by atoms with Crippen LogP contribution < -0.4 is 0 Å². The standard InChI is InChI=1S/C7H3BrF2N2O3/c8-4-1-11-5(7(9)10)3(2-13)6(4)12(14)15/h1-2,7H. The highest BCUT2D eigenvalue weighted by molar-refractivity contribution is 9.10. The maximum atomic E-state index is 12.3. The number of nitro groups is 1. The number of carbonyl (C=O) groups excluding carboxylic acids is 1. The van der Waals surface area contributed by atoms with Crippen LogP contribution in [0.3, 0.4) is 0 Å². The topological polar surface area (TPSA) is 73.1 Å². The van der Waals surface area contributed by atoms with Gasteiger partial charge in [0.2, 0.25) is 0 Å². The van der Waals surface area contributed by atoms with Gasteiger partial charge in [-0.25, -0.2) is 8.78 Å². The zero-order chi connectivity index (χ0) is 11.6. The molecular weight excluding hydrogens is 278 g/mol. The van der Waals surface area contributed by atoms with Crippen molar-refractivity contribution < 1.29 is 18.5 Å². The lowest BCUT2D eigenvalue weighted by atomic mass is 10.2. The molecule has 0 aromatic carbocycles. The normalized spacial score (nSPS) is 10.4. The first-order chi connectivity index (χ1) is 6.99. The monoisotopic (exact) mass is 280 g/mol. The zero-order valence-corrected chi connectivity index (χ0v) is 8.57. The molecule has 0 N–H and O–H groups in total. The van der Waals surface area contributed by atoms with E-state index in [9.17, 15) is 23.7 Å². The van der Waals surface area contributed by atoms with Crippen molar-refractivity contribution in [3.63, 3.8) is 0 Å². The lowest BCUT2D eigenvalue weighted by Gasteiger charge is -2.04. The molecule has 0 aliphatic carbocycles. The number of halogens is 3. The van der Waals surface area contributed by atoms with Crippen molar-refractivity contribution >= 4 is 27.9 Å². The van der Waals surface area contributed by atoms with Crippen molar-refractivity contribution in [2.24, 2.45) is 0 Å². The number of aromatic nitrogens is 1. The number of rotatable bonds is 3. The molecule has 0 amide bonds. The van der Waals surface area contributed by atoms with Crippen LogP contribution in [0.15, 0.2) is 10.7 Å². The molecule has 80 valence electrons. The number of hydrogen-bond donors (Lipinski definition) is 0. The number of alkyl halides is 2. The molecule has 0 radical (unpaired) electrons. The summed E-state index contributed by atoms with van der Waals surface area (Å²) in [7, 11) is 0. The van der Waals surface area contributed by atoms with Crippen molar-refractivity contribution in [2.75, 3.05) is 0 Å². The van der Waals surface area contributed by atoms with Crippen LogP contribution in [-0.2, 0) is 0 Å². The van der Waals surface area contributed by atoms with Gasteiger partial charge in [0, 0.05) is 6.20 Å². The Hall–Kier alpha value is -1.44. The van der Waals surface area contributed by atoms with Crippen molar-refractivity contribution in [1.82, 2.24) is 4.98 Å². The maximum Gasteiger partial charge on any atom is 0.297 e. The molecule has 0 saturated carbocycles. The van der Waals surface area contributed by atoms with E-state index in [1.54, 1.807) is 0 Å². The van der Waals surface area contributed by atoms with Gasteiger partial charge in [-0.2, -0.15) is 0 Å². The molecule has 0 atom stereocenters. The van der Waals surface area contributed by atoms with Gasteiger partial charge in [-0.3, -0.25) is 19.9 Å². The third-order valence-electron chi connectivity index (χ3n) is 1.58. The van der Waals surface area contributed by atoms with E-state index in [1.165, 1.54) is 0 Å². The number of nitrogens with zero attached hydrogens (tertiary/aromatic N) is 2. The minimum Gasteiger partial charge on any atom is -0.298 e. The van der Waals surface area contributed by atoms with Crippen LogP contribution in [0.1, 0.15) is 22.5 Å². The quantitative estimate of drug-likeness (QED) is 0.484. The third-order valence-corrected chi connectivity index (χ3v) is 2.16. The van der Waals surface area contributed by atoms with E-state index >= 15 is 0 Å². The predicted molar refractivity (Wildman–Crippen MR) is 48.9 cm³/mol. The smallest absolute Gasteiger partial charge is 0.297 e. The molecule has 1 aromatic heterocycles. The van der Waals surface area contributed by atoms with Gasteiger partial charge in [-0.15, -0.1) is 0 Å². The predicted octanol–water partition coefficient (Wildman–Crippen LogP) is 2.50. The Bertz CT molecular complexity index is 425. The van der Waals surface area contributed by atoms with E-state index in [-0.39, 0.29) is 10.8 Å². The molecular formula is C7H3BrF2N2O3. The molecule has 15 heavy (non-hydrogen) atoms. The fourth-order valence-corrected chi connectivity index (χ4v) is 1.44. The van der Waals surface area contributed by atoms with Crippen LogP contribution in [0, 0.1) is 10.1 Å². The minimum absolute atomic E-state index is 0.00259. The van der Waals surface area contributed by atoms with Crippen LogP contribution >= 0.6 is 15.9 Å². The molecule has 0 aliphatic rings. The molecule has 0 spiro atoms. The van der Waals surface area contributed by atoms with Crippen LogP contribution in [-0.4, -0.2) is 16.2 Å². The van der Waals surface area contributed by atoms with E-state index in [2.05, 4.69) is 20.9 Å². The molecule has 0 aliphatic heterocycles. The average Bonchev–Trinajstić information content (AvgIpc) is 2.15. The van der Waals surface area contributed by atoms with Crippen LogP contribution in [0.4, 0.5) is 14.5 Å². The highest BCUT2D eigenvalue weighted by Gasteiger charge is 2.26. The molecule has 8 heteroatoms. The van der Waals surface area contributed by atoms with E-state index in [1.807, 2.05) is 0 Å². The molecule has 1 rings (SSSR count). The van der Waals surface area contributed by atoms with E-state index in [4.69, 9.17) is 0 Å². The average molecular weight is 281 g/mol. The highest BCUT2D eigenvalue weighted by atomic mass is 79.9. The van der Waals surface area contributed by atoms with E-state index < -0.39 is 28.3 Å². The Morgan fingerprint density at radius 2 is 2.20 bits per heavy atom. The van der Waals surface area contributed by atoms with Gasteiger partial charge in [0.25, 0.3) is 12.1 Å². The lowest BCUT2D eigenvalue weighted by molar-refractivity contribution is -0.386. The molecule has 0 bridgehead atoms. The molecule has 0 saturated heterocycles. The first-order valence-electron chi connectivity index (χ1n) is 3.55. The van der Waals surface area contributed by atoms with Crippen molar-refractivity contribution in [3.8, 4) is 0 Å². The summed E-state index contributed by atoms with van der Waals surface area (Å²) < 4.78 is 24.5. The van der Waals surface area contributed by atoms with Gasteiger partial charge in [-0.1, -0.05) is 0 Å². The van der Waals surface area contributed by atoms with Crippen LogP contribution in [0.2, 0.25) is 0 Å². The van der Waals surface area contributed by atoms with Gasteiger partial charge >= 0.3 is 0 Å². The van der Waals surface area contributed by atoms with Crippen LogP contribution in [0.25, 0.3) is 0 Å². The van der Waals surface area contributed by atoms with Gasteiger partial charge in [0.1, 0.15) is 15.7 Å². The SMILES string of the molecule is O=Cc1c(C(F)F)ncc(Br)c1[N+](=O)[O-]. The summed E-state index contributed by atoms with van der Waals surface area (Å²) in [5.41, 5.74) is -2.29. The van der Waals surface area contributed by atoms with Gasteiger partial charge in [-0.05, 0) is 15.9 Å². The Kier molecular flexibility index (Phi) is 3.40. The van der Waals surface area contributed by atoms with Gasteiger partial charge in [0.05, 0.1) is 4.92 Å². The number of carbonyl (C=O) groups is 1. The summed E-state index contributed by atoms with van der Waals surface area (Å²) in [4.78, 5) is 23.4. The largest absolute Gasteiger partial charge is 0.298 e. The van der Waals surface area contributed by atoms with Gasteiger partial charge < -0.3 is 0 Å². The summed E-state index contributed by atoms with van der Waals surface area (Å²) in [6.07, 6.45) is -2.17. The third kappa shape index (κ3) is 2.14. The first-order valence-corrected chi connectivity index (χ1v) is 4.34. The Morgan fingerprint density at radius 1 is 1.60 bits per heavy atom. The molecule has 1 heterocycles. The van der Waals surface area contributed by atoms with Crippen molar-refractivity contribution in [3.05, 3.63) is 32.0 Å². The number of aldehydes is 1. The van der Waals surface area contributed by atoms with E-state index in [0.717, 1.165) is 6.20 Å². The fraction of sp³-hybridized carbons (Fsp3) is 0.143. The lowest BCUT2D eigenvalue weighted by Crippen LogP contribution is -2.03. The summed E-state index contributed by atoms with van der Waals surface area (Å²) in [6, 6.07) is 0. The summed E-state index contributed by atoms with van der Waals surface area (Å²) in [5, 5.41) is 10.5. The highest BCUT2D eigenvalue weighted by Crippen LogP contribution is 2.32. The molecule has 0 unspecified atom stereocenters. The zero-order valence-electron chi connectivity index (χ0n) is 6.99. The van der Waals surface area contributed by atoms with Crippen molar-refractivity contribution in [1.29, 1.82) is 0 Å². The van der Waals surface area contributed by atoms with Crippen molar-refractivity contribution in [2.45, 2.75) is 6.43 Å². The second-order valence-electron chi connectivity index (χ2n) is 2.43. The minimum atomic E-state index is -3.03. The number of pyridine rings is 1. The summed E-state index contributed by atoms with van der Waals surface area (Å²) in [6.45, 7) is 0. The molecule has 1 aromatic rings. The maximum absolute atomic E-state index is 12.3. The second kappa shape index (κ2) is 4.39. The Morgan fingerprint density at radius 3 is 2.60 bits per heavy atom. The summed E-state index contributed by atoms with van der Waals surface area (Å²) in [5.74, 6) is 0. The second-order valence-corrected chi connectivity index (χ2v) is 3.28. The Balaban J connectivity index is 3.54. The van der Waals surface area contributed by atoms with E-state index in [0.29, 0.717) is 0 Å². The van der Waals surface area contributed by atoms with Gasteiger partial charge in [0.15, 0.2) is 6.29 Å². The van der Waals surface area contributed by atoms with Crippen LogP contribution in [0.5, 0.6) is 0 Å². The Labute approximate surface area is 90.4 Å².